The summed E-state index contributed by atoms with van der Waals surface area (Å²) in [4.78, 5) is 13.9. The van der Waals surface area contributed by atoms with Gasteiger partial charge in [0.15, 0.2) is 0 Å². The fraction of sp³-hybridized carbons (Fsp3) is 0.611. The van der Waals surface area contributed by atoms with Crippen LogP contribution >= 0.6 is 0 Å². The van der Waals surface area contributed by atoms with Crippen molar-refractivity contribution in [3.8, 4) is 11.5 Å². The number of benzene rings is 1. The Balaban J connectivity index is 1.90. The van der Waals surface area contributed by atoms with E-state index in [1.807, 2.05) is 39.0 Å². The molecule has 0 saturated carbocycles. The summed E-state index contributed by atoms with van der Waals surface area (Å²) >= 11 is 0. The van der Waals surface area contributed by atoms with Crippen molar-refractivity contribution in [2.24, 2.45) is 0 Å². The van der Waals surface area contributed by atoms with E-state index in [1.54, 1.807) is 19.1 Å². The Labute approximate surface area is 144 Å². The number of ether oxygens (including phenoxy) is 3. The van der Waals surface area contributed by atoms with Crippen LogP contribution in [-0.2, 0) is 4.74 Å². The molecule has 1 aromatic rings. The van der Waals surface area contributed by atoms with Crippen LogP contribution in [0.1, 0.15) is 33.6 Å². The third kappa shape index (κ3) is 4.94. The molecule has 1 heterocycles. The van der Waals surface area contributed by atoms with E-state index in [0.717, 1.165) is 30.0 Å². The van der Waals surface area contributed by atoms with Crippen LogP contribution in [0.2, 0.25) is 0 Å². The molecule has 0 bridgehead atoms. The number of carbonyl (C=O) groups is 1. The molecule has 1 amide bonds. The van der Waals surface area contributed by atoms with Crippen molar-refractivity contribution in [3.63, 3.8) is 0 Å². The zero-order chi connectivity index (χ0) is 17.7. The molecular weight excluding hydrogens is 308 g/mol. The lowest BCUT2D eigenvalue weighted by molar-refractivity contribution is 0.0210. The first-order valence-corrected chi connectivity index (χ1v) is 8.29. The lowest BCUT2D eigenvalue weighted by Gasteiger charge is -2.34. The largest absolute Gasteiger partial charge is 0.497 e. The number of rotatable bonds is 4. The summed E-state index contributed by atoms with van der Waals surface area (Å²) in [7, 11) is 3.28. The Morgan fingerprint density at radius 3 is 2.38 bits per heavy atom. The van der Waals surface area contributed by atoms with Gasteiger partial charge in [-0.25, -0.2) is 4.79 Å². The highest BCUT2D eigenvalue weighted by molar-refractivity contribution is 5.68. The average molecular weight is 336 g/mol. The topological polar surface area (TPSA) is 60.0 Å². The average Bonchev–Trinajstić information content (AvgIpc) is 2.54. The molecule has 0 spiro atoms. The van der Waals surface area contributed by atoms with Gasteiger partial charge in [0.05, 0.1) is 19.9 Å². The predicted octanol–water partition coefficient (Wildman–Crippen LogP) is 3.52. The second-order valence-corrected chi connectivity index (χ2v) is 6.95. The number of anilines is 1. The second kappa shape index (κ2) is 7.64. The Hall–Kier alpha value is -2.11. The predicted molar refractivity (Wildman–Crippen MR) is 94.0 cm³/mol. The zero-order valence-corrected chi connectivity index (χ0v) is 15.2. The molecule has 0 aromatic heterocycles. The minimum atomic E-state index is -0.456. The quantitative estimate of drug-likeness (QED) is 0.912. The molecule has 2 rings (SSSR count). The van der Waals surface area contributed by atoms with E-state index in [-0.39, 0.29) is 6.09 Å². The number of carbonyl (C=O) groups excluding carboxylic acids is 1. The molecular formula is C18H28N2O4. The molecule has 0 atom stereocenters. The summed E-state index contributed by atoms with van der Waals surface area (Å²) in [6, 6.07) is 6.02. The number of likely N-dealkylation sites (tertiary alicyclic amines) is 1. The van der Waals surface area contributed by atoms with E-state index >= 15 is 0 Å². The Bertz CT molecular complexity index is 561. The summed E-state index contributed by atoms with van der Waals surface area (Å²) in [5.41, 5.74) is 0.483. The monoisotopic (exact) mass is 336 g/mol. The van der Waals surface area contributed by atoms with Gasteiger partial charge in [-0.05, 0) is 45.7 Å². The maximum absolute atomic E-state index is 12.1. The molecule has 0 aliphatic carbocycles. The lowest BCUT2D eigenvalue weighted by atomic mass is 10.0. The normalized spacial score (nSPS) is 15.8. The molecule has 0 unspecified atom stereocenters. The second-order valence-electron chi connectivity index (χ2n) is 6.95. The van der Waals surface area contributed by atoms with Crippen LogP contribution in [-0.4, -0.2) is 49.9 Å². The molecule has 6 heteroatoms. The third-order valence-corrected chi connectivity index (χ3v) is 3.91. The number of nitrogens with zero attached hydrogens (tertiary/aromatic N) is 1. The number of amides is 1. The van der Waals surface area contributed by atoms with Gasteiger partial charge < -0.3 is 24.4 Å². The molecule has 6 nitrogen and oxygen atoms in total. The van der Waals surface area contributed by atoms with E-state index in [2.05, 4.69) is 5.32 Å². The minimum absolute atomic E-state index is 0.233. The van der Waals surface area contributed by atoms with Gasteiger partial charge in [-0.3, -0.25) is 0 Å². The Morgan fingerprint density at radius 1 is 1.17 bits per heavy atom. The maximum atomic E-state index is 12.1. The van der Waals surface area contributed by atoms with Gasteiger partial charge in [-0.2, -0.15) is 0 Å². The summed E-state index contributed by atoms with van der Waals surface area (Å²) in [6.07, 6.45) is 1.51. The van der Waals surface area contributed by atoms with Gasteiger partial charge in [-0.1, -0.05) is 0 Å². The fourth-order valence-electron chi connectivity index (χ4n) is 2.67. The zero-order valence-electron chi connectivity index (χ0n) is 15.2. The van der Waals surface area contributed by atoms with Crippen molar-refractivity contribution in [3.05, 3.63) is 18.2 Å². The molecule has 1 N–H and O–H groups in total. The van der Waals surface area contributed by atoms with Crippen LogP contribution in [0.4, 0.5) is 10.5 Å². The molecule has 1 aliphatic rings. The maximum Gasteiger partial charge on any atom is 0.410 e. The van der Waals surface area contributed by atoms with Crippen LogP contribution in [0.15, 0.2) is 18.2 Å². The van der Waals surface area contributed by atoms with Gasteiger partial charge in [-0.15, -0.1) is 0 Å². The van der Waals surface area contributed by atoms with Crippen LogP contribution in [0.5, 0.6) is 11.5 Å². The van der Waals surface area contributed by atoms with Crippen molar-refractivity contribution in [2.75, 3.05) is 32.6 Å². The van der Waals surface area contributed by atoms with Gasteiger partial charge in [0, 0.05) is 25.2 Å². The Kier molecular flexibility index (Phi) is 5.80. The van der Waals surface area contributed by atoms with E-state index in [4.69, 9.17) is 14.2 Å². The van der Waals surface area contributed by atoms with Crippen molar-refractivity contribution in [1.82, 2.24) is 4.90 Å². The van der Waals surface area contributed by atoms with E-state index in [0.29, 0.717) is 19.1 Å². The fourth-order valence-corrected chi connectivity index (χ4v) is 2.67. The highest BCUT2D eigenvalue weighted by Gasteiger charge is 2.27. The summed E-state index contributed by atoms with van der Waals surface area (Å²) in [5, 5.41) is 3.50. The van der Waals surface area contributed by atoms with Crippen LogP contribution in [0.3, 0.4) is 0 Å². The smallest absolute Gasteiger partial charge is 0.410 e. The lowest BCUT2D eigenvalue weighted by Crippen LogP contribution is -2.44. The highest BCUT2D eigenvalue weighted by Crippen LogP contribution is 2.30. The van der Waals surface area contributed by atoms with Crippen molar-refractivity contribution in [2.45, 2.75) is 45.3 Å². The van der Waals surface area contributed by atoms with E-state index in [9.17, 15) is 4.79 Å². The van der Waals surface area contributed by atoms with Gasteiger partial charge in [0.25, 0.3) is 0 Å². The molecule has 1 fully saturated rings. The molecule has 0 radical (unpaired) electrons. The van der Waals surface area contributed by atoms with Gasteiger partial charge in [0.2, 0.25) is 0 Å². The number of hydrogen-bond acceptors (Lipinski definition) is 5. The van der Waals surface area contributed by atoms with E-state index < -0.39 is 5.60 Å². The van der Waals surface area contributed by atoms with E-state index in [1.165, 1.54) is 0 Å². The molecule has 24 heavy (non-hydrogen) atoms. The molecule has 1 aliphatic heterocycles. The molecule has 1 saturated heterocycles. The standard InChI is InChI=1S/C18H28N2O4/c1-18(2,3)24-17(21)20-10-8-13(9-11-20)19-15-7-6-14(22-4)12-16(15)23-5/h6-7,12-13,19H,8-11H2,1-5H3. The Morgan fingerprint density at radius 2 is 1.83 bits per heavy atom. The first kappa shape index (κ1) is 18.2. The van der Waals surface area contributed by atoms with Crippen LogP contribution in [0, 0.1) is 0 Å². The van der Waals surface area contributed by atoms with Gasteiger partial charge >= 0.3 is 6.09 Å². The number of hydrogen-bond donors (Lipinski definition) is 1. The third-order valence-electron chi connectivity index (χ3n) is 3.91. The molecule has 134 valence electrons. The molecule has 1 aromatic carbocycles. The van der Waals surface area contributed by atoms with Crippen LogP contribution in [0.25, 0.3) is 0 Å². The first-order valence-electron chi connectivity index (χ1n) is 8.29. The number of methoxy groups -OCH3 is 2. The number of piperidine rings is 1. The summed E-state index contributed by atoms with van der Waals surface area (Å²) in [6.45, 7) is 7.02. The first-order chi connectivity index (χ1) is 11.3. The van der Waals surface area contributed by atoms with Crippen molar-refractivity contribution < 1.29 is 19.0 Å². The minimum Gasteiger partial charge on any atom is -0.497 e. The summed E-state index contributed by atoms with van der Waals surface area (Å²) < 4.78 is 16.1. The van der Waals surface area contributed by atoms with Crippen LogP contribution < -0.4 is 14.8 Å². The van der Waals surface area contributed by atoms with Crippen molar-refractivity contribution >= 4 is 11.8 Å². The summed E-state index contributed by atoms with van der Waals surface area (Å²) in [5.74, 6) is 1.51. The van der Waals surface area contributed by atoms with Gasteiger partial charge in [0.1, 0.15) is 17.1 Å². The highest BCUT2D eigenvalue weighted by atomic mass is 16.6. The SMILES string of the molecule is COc1ccc(NC2CCN(C(=O)OC(C)(C)C)CC2)c(OC)c1. The number of nitrogens with one attached hydrogen (secondary N) is 1. The van der Waals surface area contributed by atoms with Crippen molar-refractivity contribution in [1.29, 1.82) is 0 Å².